The Morgan fingerprint density at radius 2 is 1.61 bits per heavy atom. The summed E-state index contributed by atoms with van der Waals surface area (Å²) in [5.41, 5.74) is 8.63. The molecule has 3 N–H and O–H groups in total. The number of primary amides is 1. The van der Waals surface area contributed by atoms with Crippen LogP contribution in [0, 0.1) is 15.9 Å². The van der Waals surface area contributed by atoms with Crippen LogP contribution >= 0.6 is 0 Å². The summed E-state index contributed by atoms with van der Waals surface area (Å²) in [6.45, 7) is 0. The van der Waals surface area contributed by atoms with Crippen LogP contribution in [0.2, 0.25) is 0 Å². The number of nitro groups is 1. The van der Waals surface area contributed by atoms with Crippen molar-refractivity contribution < 1.29 is 18.9 Å². The fraction of sp³-hybridized carbons (Fsp3) is 0.130. The van der Waals surface area contributed by atoms with Crippen LogP contribution in [-0.2, 0) is 16.0 Å². The van der Waals surface area contributed by atoms with E-state index in [2.05, 4.69) is 5.32 Å². The van der Waals surface area contributed by atoms with Gasteiger partial charge >= 0.3 is 5.69 Å². The molecule has 0 spiro atoms. The van der Waals surface area contributed by atoms with Gasteiger partial charge in [-0.3, -0.25) is 19.7 Å². The summed E-state index contributed by atoms with van der Waals surface area (Å²) < 4.78 is 13.6. The molecule has 3 aromatic rings. The molecular weight excluding hydrogens is 401 g/mol. The first-order valence-electron chi connectivity index (χ1n) is 9.57. The fourth-order valence-electron chi connectivity index (χ4n) is 3.98. The van der Waals surface area contributed by atoms with Crippen molar-refractivity contribution in [2.45, 2.75) is 18.4 Å². The van der Waals surface area contributed by atoms with Gasteiger partial charge in [0.15, 0.2) is 0 Å². The normalized spacial score (nSPS) is 13.2. The van der Waals surface area contributed by atoms with Crippen molar-refractivity contribution >= 4 is 17.5 Å². The van der Waals surface area contributed by atoms with Gasteiger partial charge in [-0.25, -0.2) is 0 Å². The molecule has 1 atom stereocenters. The van der Waals surface area contributed by atoms with Crippen LogP contribution < -0.4 is 11.1 Å². The quantitative estimate of drug-likeness (QED) is 0.472. The van der Waals surface area contributed by atoms with Crippen molar-refractivity contribution in [2.24, 2.45) is 5.73 Å². The Morgan fingerprint density at radius 3 is 2.16 bits per heavy atom. The lowest BCUT2D eigenvalue weighted by atomic mass is 9.95. The van der Waals surface area contributed by atoms with Crippen molar-refractivity contribution in [1.29, 1.82) is 0 Å². The Morgan fingerprint density at radius 1 is 1.03 bits per heavy atom. The number of hydrogen-bond donors (Lipinski definition) is 2. The zero-order valence-corrected chi connectivity index (χ0v) is 16.2. The van der Waals surface area contributed by atoms with Crippen LogP contribution in [0.15, 0.2) is 66.7 Å². The lowest BCUT2D eigenvalue weighted by molar-refractivity contribution is -0.387. The maximum Gasteiger partial charge on any atom is 0.305 e. The summed E-state index contributed by atoms with van der Waals surface area (Å²) in [4.78, 5) is 35.4. The SMILES string of the molecule is NC(=O)[C@H](Cc1ccc(F)c([N+](=O)[O-])c1)NC(=O)C1c2ccccc2-c2ccccc21. The first-order valence-corrected chi connectivity index (χ1v) is 9.57. The van der Waals surface area contributed by atoms with Crippen molar-refractivity contribution in [3.05, 3.63) is 99.4 Å². The molecule has 1 aliphatic rings. The Balaban J connectivity index is 1.61. The number of nitrogens with zero attached hydrogens (tertiary/aromatic N) is 1. The molecule has 0 fully saturated rings. The number of hydrogen-bond acceptors (Lipinski definition) is 4. The highest BCUT2D eigenvalue weighted by atomic mass is 19.1. The van der Waals surface area contributed by atoms with Crippen LogP contribution in [0.3, 0.4) is 0 Å². The van der Waals surface area contributed by atoms with Crippen LogP contribution in [0.25, 0.3) is 11.1 Å². The molecule has 0 radical (unpaired) electrons. The predicted octanol–water partition coefficient (Wildman–Crippen LogP) is 3.06. The van der Waals surface area contributed by atoms with Gasteiger partial charge in [-0.15, -0.1) is 0 Å². The molecule has 0 bridgehead atoms. The van der Waals surface area contributed by atoms with Crippen molar-refractivity contribution in [1.82, 2.24) is 5.32 Å². The monoisotopic (exact) mass is 419 g/mol. The van der Waals surface area contributed by atoms with Crippen LogP contribution in [0.5, 0.6) is 0 Å². The second-order valence-corrected chi connectivity index (χ2v) is 7.32. The predicted molar refractivity (Wildman–Crippen MR) is 112 cm³/mol. The van der Waals surface area contributed by atoms with Crippen LogP contribution in [-0.4, -0.2) is 22.8 Å². The molecular formula is C23H18FN3O4. The number of fused-ring (bicyclic) bond motifs is 3. The highest BCUT2D eigenvalue weighted by Crippen LogP contribution is 2.44. The maximum absolute atomic E-state index is 13.6. The summed E-state index contributed by atoms with van der Waals surface area (Å²) in [5.74, 6) is -2.79. The van der Waals surface area contributed by atoms with Gasteiger partial charge < -0.3 is 11.1 Å². The molecule has 0 saturated carbocycles. The Hall–Kier alpha value is -4.07. The Labute approximate surface area is 176 Å². The molecule has 156 valence electrons. The minimum Gasteiger partial charge on any atom is -0.368 e. The number of benzene rings is 3. The molecule has 0 saturated heterocycles. The molecule has 0 heterocycles. The molecule has 3 aromatic carbocycles. The van der Waals surface area contributed by atoms with E-state index in [0.717, 1.165) is 34.4 Å². The van der Waals surface area contributed by atoms with Gasteiger partial charge in [0.05, 0.1) is 10.8 Å². The highest BCUT2D eigenvalue weighted by Gasteiger charge is 2.35. The van der Waals surface area contributed by atoms with Gasteiger partial charge in [0.1, 0.15) is 6.04 Å². The van der Waals surface area contributed by atoms with Crippen LogP contribution in [0.4, 0.5) is 10.1 Å². The number of carbonyl (C=O) groups is 2. The lowest BCUT2D eigenvalue weighted by Gasteiger charge is -2.20. The molecule has 31 heavy (non-hydrogen) atoms. The topological polar surface area (TPSA) is 115 Å². The molecule has 1 aliphatic carbocycles. The number of nitrogens with one attached hydrogen (secondary N) is 1. The van der Waals surface area contributed by atoms with E-state index in [1.807, 2.05) is 48.5 Å². The van der Waals surface area contributed by atoms with Gasteiger partial charge in [0.25, 0.3) is 0 Å². The average molecular weight is 419 g/mol. The second kappa shape index (κ2) is 7.98. The zero-order valence-electron chi connectivity index (χ0n) is 16.2. The van der Waals surface area contributed by atoms with Gasteiger partial charge in [0, 0.05) is 12.5 Å². The minimum atomic E-state index is -1.11. The molecule has 7 nitrogen and oxygen atoms in total. The van der Waals surface area contributed by atoms with Gasteiger partial charge in [-0.2, -0.15) is 4.39 Å². The van der Waals surface area contributed by atoms with Crippen molar-refractivity contribution in [2.75, 3.05) is 0 Å². The van der Waals surface area contributed by atoms with E-state index >= 15 is 0 Å². The molecule has 4 rings (SSSR count). The average Bonchev–Trinajstić information content (AvgIpc) is 3.09. The van der Waals surface area contributed by atoms with E-state index in [0.29, 0.717) is 5.56 Å². The van der Waals surface area contributed by atoms with E-state index in [9.17, 15) is 24.1 Å². The van der Waals surface area contributed by atoms with E-state index in [4.69, 9.17) is 5.73 Å². The Bertz CT molecular complexity index is 1170. The standard InChI is InChI=1S/C23H18FN3O4/c24-18-10-9-13(12-20(18)27(30)31)11-19(22(25)28)26-23(29)21-16-7-3-1-5-14(16)15-6-2-4-8-17(15)21/h1-10,12,19,21H,11H2,(H2,25,28)(H,26,29)/t19-/m0/s1. The lowest BCUT2D eigenvalue weighted by Crippen LogP contribution is -2.47. The summed E-state index contributed by atoms with van der Waals surface area (Å²) in [7, 11) is 0. The second-order valence-electron chi connectivity index (χ2n) is 7.32. The summed E-state index contributed by atoms with van der Waals surface area (Å²) in [6.07, 6.45) is -0.0990. The molecule has 0 unspecified atom stereocenters. The number of nitrogens with two attached hydrogens (primary N) is 1. The van der Waals surface area contributed by atoms with E-state index in [1.54, 1.807) is 0 Å². The van der Waals surface area contributed by atoms with E-state index in [-0.39, 0.29) is 6.42 Å². The third kappa shape index (κ3) is 3.75. The zero-order chi connectivity index (χ0) is 22.1. The van der Waals surface area contributed by atoms with Crippen molar-refractivity contribution in [3.63, 3.8) is 0 Å². The number of halogens is 1. The van der Waals surface area contributed by atoms with E-state index in [1.165, 1.54) is 6.07 Å². The van der Waals surface area contributed by atoms with E-state index < -0.39 is 40.2 Å². The molecule has 2 amide bonds. The molecule has 8 heteroatoms. The first kappa shape index (κ1) is 20.2. The number of rotatable bonds is 6. The van der Waals surface area contributed by atoms with Gasteiger partial charge in [0.2, 0.25) is 17.6 Å². The molecule has 0 aromatic heterocycles. The van der Waals surface area contributed by atoms with Crippen LogP contribution in [0.1, 0.15) is 22.6 Å². The maximum atomic E-state index is 13.6. The number of carbonyl (C=O) groups excluding carboxylic acids is 2. The smallest absolute Gasteiger partial charge is 0.305 e. The third-order valence-electron chi connectivity index (χ3n) is 5.40. The minimum absolute atomic E-state index is 0.0990. The highest BCUT2D eigenvalue weighted by molar-refractivity contribution is 5.98. The number of nitro benzene ring substituents is 1. The summed E-state index contributed by atoms with van der Waals surface area (Å²) in [5, 5.41) is 13.7. The largest absolute Gasteiger partial charge is 0.368 e. The first-order chi connectivity index (χ1) is 14.9. The summed E-state index contributed by atoms with van der Waals surface area (Å²) in [6, 6.07) is 17.3. The van der Waals surface area contributed by atoms with Gasteiger partial charge in [-0.1, -0.05) is 54.6 Å². The van der Waals surface area contributed by atoms with Gasteiger partial charge in [-0.05, 0) is 33.9 Å². The van der Waals surface area contributed by atoms with Crippen molar-refractivity contribution in [3.8, 4) is 11.1 Å². The molecule has 0 aliphatic heterocycles. The Kier molecular flexibility index (Phi) is 5.21. The fourth-order valence-corrected chi connectivity index (χ4v) is 3.98. The summed E-state index contributed by atoms with van der Waals surface area (Å²) >= 11 is 0. The third-order valence-corrected chi connectivity index (χ3v) is 5.40. The number of amides is 2.